The third kappa shape index (κ3) is 6.02. The number of hydrogen-bond donors (Lipinski definition) is 1. The topological polar surface area (TPSA) is 67.9 Å². The summed E-state index contributed by atoms with van der Waals surface area (Å²) in [7, 11) is 1.61. The van der Waals surface area contributed by atoms with Gasteiger partial charge in [0.25, 0.3) is 0 Å². The second kappa shape index (κ2) is 10.2. The van der Waals surface area contributed by atoms with E-state index >= 15 is 0 Å². The Bertz CT molecular complexity index is 759. The summed E-state index contributed by atoms with van der Waals surface area (Å²) in [5, 5.41) is 2.87. The van der Waals surface area contributed by atoms with Gasteiger partial charge in [-0.2, -0.15) is 0 Å². The van der Waals surface area contributed by atoms with Gasteiger partial charge in [-0.15, -0.1) is 0 Å². The first kappa shape index (κ1) is 20.3. The highest BCUT2D eigenvalue weighted by atomic mass is 16.5. The van der Waals surface area contributed by atoms with E-state index < -0.39 is 0 Å². The van der Waals surface area contributed by atoms with Crippen LogP contribution in [-0.4, -0.2) is 32.1 Å². The molecule has 0 radical (unpaired) electrons. The third-order valence-electron chi connectivity index (χ3n) is 4.05. The van der Waals surface area contributed by atoms with Crippen LogP contribution in [0.1, 0.15) is 25.8 Å². The van der Waals surface area contributed by atoms with E-state index in [0.717, 1.165) is 11.3 Å². The highest BCUT2D eigenvalue weighted by molar-refractivity contribution is 5.93. The molecule has 0 atom stereocenters. The Labute approximate surface area is 160 Å². The molecule has 144 valence electrons. The van der Waals surface area contributed by atoms with Crippen molar-refractivity contribution < 1.29 is 19.1 Å². The van der Waals surface area contributed by atoms with Gasteiger partial charge in [0.15, 0.2) is 0 Å². The maximum absolute atomic E-state index is 12.2. The van der Waals surface area contributed by atoms with Gasteiger partial charge >= 0.3 is 0 Å². The van der Waals surface area contributed by atoms with Crippen LogP contribution in [0, 0.1) is 0 Å². The Morgan fingerprint density at radius 3 is 2.41 bits per heavy atom. The predicted octanol–water partition coefficient (Wildman–Crippen LogP) is 3.15. The van der Waals surface area contributed by atoms with Crippen LogP contribution in [0.15, 0.2) is 48.5 Å². The lowest BCUT2D eigenvalue weighted by Crippen LogP contribution is -2.34. The highest BCUT2D eigenvalue weighted by Crippen LogP contribution is 2.28. The van der Waals surface area contributed by atoms with E-state index in [1.807, 2.05) is 55.5 Å². The molecular weight excluding hydrogens is 344 g/mol. The predicted molar refractivity (Wildman–Crippen MR) is 105 cm³/mol. The Morgan fingerprint density at radius 1 is 1.07 bits per heavy atom. The Balaban J connectivity index is 1.93. The van der Waals surface area contributed by atoms with Gasteiger partial charge in [0.1, 0.15) is 11.5 Å². The fourth-order valence-electron chi connectivity index (χ4n) is 2.65. The summed E-state index contributed by atoms with van der Waals surface area (Å²) in [6.07, 6.45) is 0.205. The molecule has 0 aliphatic rings. The summed E-state index contributed by atoms with van der Waals surface area (Å²) in [6.45, 7) is 4.59. The molecule has 2 amide bonds. The average Bonchev–Trinajstić information content (AvgIpc) is 2.68. The summed E-state index contributed by atoms with van der Waals surface area (Å²) in [6, 6.07) is 14.8. The van der Waals surface area contributed by atoms with Crippen molar-refractivity contribution in [2.45, 2.75) is 26.8 Å². The molecule has 6 nitrogen and oxygen atoms in total. The molecule has 0 spiro atoms. The Morgan fingerprint density at radius 2 is 1.78 bits per heavy atom. The van der Waals surface area contributed by atoms with Crippen LogP contribution in [0.5, 0.6) is 11.5 Å². The van der Waals surface area contributed by atoms with Crippen LogP contribution in [-0.2, 0) is 16.1 Å². The Kier molecular flexibility index (Phi) is 7.67. The van der Waals surface area contributed by atoms with Crippen molar-refractivity contribution in [2.75, 3.05) is 25.2 Å². The minimum atomic E-state index is -0.134. The highest BCUT2D eigenvalue weighted by Gasteiger charge is 2.17. The smallest absolute Gasteiger partial charge is 0.223 e. The van der Waals surface area contributed by atoms with E-state index in [4.69, 9.17) is 9.47 Å². The molecule has 0 saturated carbocycles. The van der Waals surface area contributed by atoms with Gasteiger partial charge in [-0.1, -0.05) is 24.3 Å². The standard InChI is InChI=1S/C21H26N2O4/c1-4-27-20-8-6-5-7-19(20)23(16(2)24)14-13-21(25)22-15-17-9-11-18(26-3)12-10-17/h5-12H,4,13-15H2,1-3H3,(H,22,25). The molecule has 0 bridgehead atoms. The number of hydrogen-bond acceptors (Lipinski definition) is 4. The number of nitrogens with one attached hydrogen (secondary N) is 1. The number of methoxy groups -OCH3 is 1. The SMILES string of the molecule is CCOc1ccccc1N(CCC(=O)NCc1ccc(OC)cc1)C(C)=O. The van der Waals surface area contributed by atoms with Gasteiger partial charge < -0.3 is 19.7 Å². The first-order chi connectivity index (χ1) is 13.0. The maximum Gasteiger partial charge on any atom is 0.223 e. The number of nitrogens with zero attached hydrogens (tertiary/aromatic N) is 1. The Hall–Kier alpha value is -3.02. The van der Waals surface area contributed by atoms with Gasteiger partial charge in [0.05, 0.1) is 19.4 Å². The van der Waals surface area contributed by atoms with E-state index in [1.165, 1.54) is 6.92 Å². The summed E-state index contributed by atoms with van der Waals surface area (Å²) < 4.78 is 10.7. The molecule has 0 aromatic heterocycles. The second-order valence-corrected chi connectivity index (χ2v) is 5.95. The first-order valence-corrected chi connectivity index (χ1v) is 8.94. The number of benzene rings is 2. The molecule has 0 fully saturated rings. The number of carbonyl (C=O) groups excluding carboxylic acids is 2. The summed E-state index contributed by atoms with van der Waals surface area (Å²) in [5.74, 6) is 1.15. The van der Waals surface area contributed by atoms with Crippen molar-refractivity contribution >= 4 is 17.5 Å². The molecule has 6 heteroatoms. The number of para-hydroxylation sites is 2. The molecule has 2 aromatic rings. The summed E-state index contributed by atoms with van der Waals surface area (Å²) in [5.41, 5.74) is 1.66. The lowest BCUT2D eigenvalue weighted by molar-refractivity contribution is -0.121. The quantitative estimate of drug-likeness (QED) is 0.736. The van der Waals surface area contributed by atoms with Crippen molar-refractivity contribution in [3.05, 3.63) is 54.1 Å². The van der Waals surface area contributed by atoms with Crippen molar-refractivity contribution in [3.63, 3.8) is 0 Å². The lowest BCUT2D eigenvalue weighted by atomic mass is 10.2. The van der Waals surface area contributed by atoms with Crippen molar-refractivity contribution in [1.82, 2.24) is 5.32 Å². The summed E-state index contributed by atoms with van der Waals surface area (Å²) >= 11 is 0. The molecule has 2 aromatic carbocycles. The number of anilines is 1. The molecular formula is C21H26N2O4. The number of carbonyl (C=O) groups is 2. The molecule has 0 unspecified atom stereocenters. The van der Waals surface area contributed by atoms with Gasteiger partial charge in [0, 0.05) is 26.4 Å². The van der Waals surface area contributed by atoms with Crippen LogP contribution in [0.4, 0.5) is 5.69 Å². The van der Waals surface area contributed by atoms with Crippen LogP contribution in [0.3, 0.4) is 0 Å². The van der Waals surface area contributed by atoms with E-state index in [1.54, 1.807) is 12.0 Å². The number of rotatable bonds is 9. The van der Waals surface area contributed by atoms with Gasteiger partial charge in [-0.25, -0.2) is 0 Å². The van der Waals surface area contributed by atoms with Crippen LogP contribution in [0.25, 0.3) is 0 Å². The number of amides is 2. The maximum atomic E-state index is 12.2. The van der Waals surface area contributed by atoms with Crippen molar-refractivity contribution in [3.8, 4) is 11.5 Å². The molecule has 0 saturated heterocycles. The zero-order valence-electron chi connectivity index (χ0n) is 16.0. The lowest BCUT2D eigenvalue weighted by Gasteiger charge is -2.23. The van der Waals surface area contributed by atoms with Crippen molar-refractivity contribution in [1.29, 1.82) is 0 Å². The molecule has 0 aliphatic carbocycles. The van der Waals surface area contributed by atoms with Gasteiger partial charge in [0.2, 0.25) is 11.8 Å². The summed E-state index contributed by atoms with van der Waals surface area (Å²) in [4.78, 5) is 25.9. The fourth-order valence-corrected chi connectivity index (χ4v) is 2.65. The molecule has 0 aliphatic heterocycles. The van der Waals surface area contributed by atoms with E-state index in [0.29, 0.717) is 24.6 Å². The van der Waals surface area contributed by atoms with E-state index in [2.05, 4.69) is 5.32 Å². The first-order valence-electron chi connectivity index (χ1n) is 8.94. The minimum absolute atomic E-state index is 0.119. The fraction of sp³-hybridized carbons (Fsp3) is 0.333. The largest absolute Gasteiger partial charge is 0.497 e. The van der Waals surface area contributed by atoms with Crippen LogP contribution in [0.2, 0.25) is 0 Å². The minimum Gasteiger partial charge on any atom is -0.497 e. The van der Waals surface area contributed by atoms with Gasteiger partial charge in [-0.05, 0) is 36.8 Å². The molecule has 0 heterocycles. The van der Waals surface area contributed by atoms with Crippen LogP contribution >= 0.6 is 0 Å². The van der Waals surface area contributed by atoms with Gasteiger partial charge in [-0.3, -0.25) is 9.59 Å². The normalized spacial score (nSPS) is 10.2. The third-order valence-corrected chi connectivity index (χ3v) is 4.05. The van der Waals surface area contributed by atoms with Crippen molar-refractivity contribution in [2.24, 2.45) is 0 Å². The molecule has 27 heavy (non-hydrogen) atoms. The monoisotopic (exact) mass is 370 g/mol. The molecule has 1 N–H and O–H groups in total. The van der Waals surface area contributed by atoms with E-state index in [-0.39, 0.29) is 24.8 Å². The number of ether oxygens (including phenoxy) is 2. The average molecular weight is 370 g/mol. The van der Waals surface area contributed by atoms with E-state index in [9.17, 15) is 9.59 Å². The van der Waals surface area contributed by atoms with Crippen LogP contribution < -0.4 is 19.7 Å². The second-order valence-electron chi connectivity index (χ2n) is 5.95. The zero-order chi connectivity index (χ0) is 19.6. The zero-order valence-corrected chi connectivity index (χ0v) is 16.0. The molecule has 2 rings (SSSR count).